The van der Waals surface area contributed by atoms with Crippen LogP contribution in [0.5, 0.6) is 11.5 Å². The second-order valence-corrected chi connectivity index (χ2v) is 17.0. The van der Waals surface area contributed by atoms with Gasteiger partial charge in [-0.3, -0.25) is 0 Å². The number of benzene rings is 6. The van der Waals surface area contributed by atoms with E-state index in [4.69, 9.17) is 23.4 Å². The third-order valence-electron chi connectivity index (χ3n) is 10.0. The van der Waals surface area contributed by atoms with Crippen LogP contribution in [0, 0.1) is 0 Å². The Labute approximate surface area is 358 Å². The van der Waals surface area contributed by atoms with Gasteiger partial charge in [-0.2, -0.15) is 0 Å². The van der Waals surface area contributed by atoms with Crippen molar-refractivity contribution in [2.75, 3.05) is 4.90 Å². The molecule has 0 saturated carbocycles. The molecular formula is C51H40N5OSe+. The van der Waals surface area contributed by atoms with Crippen molar-refractivity contribution in [2.45, 2.75) is 26.2 Å². The van der Waals surface area contributed by atoms with E-state index < -0.39 is 60.4 Å². The molecular weight excluding hydrogens is 778 g/mol. The number of aromatic nitrogens is 4. The monoisotopic (exact) mass is 828 g/mol. The van der Waals surface area contributed by atoms with Gasteiger partial charge < -0.3 is 0 Å². The van der Waals surface area contributed by atoms with Crippen LogP contribution in [0.15, 0.2) is 188 Å². The Morgan fingerprint density at radius 1 is 0.672 bits per heavy atom. The van der Waals surface area contributed by atoms with Gasteiger partial charge in [0.25, 0.3) is 0 Å². The quantitative estimate of drug-likeness (QED) is 0.119. The number of hydrogen-bond donors (Lipinski definition) is 0. The van der Waals surface area contributed by atoms with Gasteiger partial charge in [0.05, 0.1) is 13.7 Å². The topological polar surface area (TPSA) is 47.1 Å². The summed E-state index contributed by atoms with van der Waals surface area (Å²) in [6, 6.07) is 27.1. The molecule has 3 aromatic heterocycles. The van der Waals surface area contributed by atoms with E-state index in [0.717, 1.165) is 27.2 Å². The van der Waals surface area contributed by atoms with Crippen molar-refractivity contribution < 1.29 is 23.0 Å². The molecule has 58 heavy (non-hydrogen) atoms. The summed E-state index contributed by atoms with van der Waals surface area (Å²) in [5.74, 6) is 1.91. The number of pyridine rings is 2. The summed E-state index contributed by atoms with van der Waals surface area (Å²) in [6.07, 6.45) is 7.32. The summed E-state index contributed by atoms with van der Waals surface area (Å²) in [4.78, 5) is 11.5. The predicted molar refractivity (Wildman–Crippen MR) is 236 cm³/mol. The van der Waals surface area contributed by atoms with E-state index in [1.54, 1.807) is 29.1 Å². The maximum Gasteiger partial charge on any atom is 0.0629 e. The van der Waals surface area contributed by atoms with Crippen LogP contribution in [-0.4, -0.2) is 29.5 Å². The molecule has 0 radical (unpaired) electrons. The zero-order valence-corrected chi connectivity index (χ0v) is 33.4. The van der Waals surface area contributed by atoms with Crippen LogP contribution in [0.25, 0.3) is 44.7 Å². The molecule has 0 unspecified atom stereocenters. The molecule has 1 aliphatic heterocycles. The Kier molecular flexibility index (Phi) is 6.60. The van der Waals surface area contributed by atoms with Crippen LogP contribution >= 0.6 is 0 Å². The zero-order chi connectivity index (χ0) is 47.9. The first-order valence-corrected chi connectivity index (χ1v) is 20.4. The average Bonchev–Trinajstić information content (AvgIpc) is 3.72. The van der Waals surface area contributed by atoms with E-state index >= 15 is 0 Å². The van der Waals surface area contributed by atoms with Crippen molar-refractivity contribution in [3.63, 3.8) is 0 Å². The van der Waals surface area contributed by atoms with Crippen molar-refractivity contribution in [1.82, 2.24) is 14.5 Å². The number of imidazole rings is 1. The number of rotatable bonds is 7. The molecule has 4 heterocycles. The number of fused-ring (bicyclic) bond motifs is 3. The summed E-state index contributed by atoms with van der Waals surface area (Å²) >= 11 is -0.00139. The van der Waals surface area contributed by atoms with Crippen molar-refractivity contribution in [2.24, 2.45) is 0 Å². The first-order chi connectivity index (χ1) is 32.5. The van der Waals surface area contributed by atoms with Crippen LogP contribution in [0.1, 0.15) is 40.0 Å². The van der Waals surface area contributed by atoms with E-state index in [2.05, 4.69) is 48.9 Å². The predicted octanol–water partition coefficient (Wildman–Crippen LogP) is 10.6. The van der Waals surface area contributed by atoms with Crippen LogP contribution in [0.4, 0.5) is 17.2 Å². The average molecular weight is 828 g/mol. The minimum Gasteiger partial charge on any atom is -0.0616 e. The Morgan fingerprint density at radius 2 is 1.38 bits per heavy atom. The Morgan fingerprint density at radius 3 is 2.14 bits per heavy atom. The number of ether oxygens (including phenoxy) is 1. The molecule has 0 amide bonds. The fraction of sp³-hybridized carbons (Fsp3) is 0.0784. The molecule has 1 aliphatic rings. The Bertz CT molecular complexity index is 3410. The van der Waals surface area contributed by atoms with Crippen LogP contribution < -0.4 is 23.1 Å². The van der Waals surface area contributed by atoms with Gasteiger partial charge in [-0.15, -0.1) is 0 Å². The van der Waals surface area contributed by atoms with Gasteiger partial charge in [0.1, 0.15) is 0 Å². The van der Waals surface area contributed by atoms with Crippen LogP contribution in [0.2, 0.25) is 0 Å². The van der Waals surface area contributed by atoms with Gasteiger partial charge >= 0.3 is 239 Å². The third-order valence-corrected chi connectivity index (χ3v) is 12.4. The van der Waals surface area contributed by atoms with Gasteiger partial charge in [-0.25, -0.2) is 0 Å². The minimum absolute atomic E-state index is 0.00139. The molecule has 6 nitrogen and oxygen atoms in total. The Balaban J connectivity index is 1.12. The molecule has 0 aliphatic carbocycles. The van der Waals surface area contributed by atoms with Crippen LogP contribution in [0.3, 0.4) is 0 Å². The Hall–Kier alpha value is -6.79. The molecule has 0 atom stereocenters. The van der Waals surface area contributed by atoms with Gasteiger partial charge in [0.15, 0.2) is 0 Å². The number of anilines is 3. The maximum absolute atomic E-state index is 9.01. The number of para-hydroxylation sites is 3. The second-order valence-electron chi connectivity index (χ2n) is 14.7. The summed E-state index contributed by atoms with van der Waals surface area (Å²) in [7, 11) is 0. The number of nitrogens with zero attached hydrogens (tertiary/aromatic N) is 5. The minimum atomic E-state index is -0.558. The molecule has 7 heteroatoms. The third kappa shape index (κ3) is 6.54. The fourth-order valence-corrected chi connectivity index (χ4v) is 9.36. The molecule has 0 fully saturated rings. The zero-order valence-electron chi connectivity index (χ0n) is 41.7. The van der Waals surface area contributed by atoms with Gasteiger partial charge in [-0.1, -0.05) is 84.7 Å². The van der Waals surface area contributed by atoms with Gasteiger partial charge in [0, 0.05) is 11.1 Å². The van der Waals surface area contributed by atoms with E-state index in [-0.39, 0.29) is 48.3 Å². The molecule has 6 aromatic carbocycles. The summed E-state index contributed by atoms with van der Waals surface area (Å²) in [5.41, 5.74) is 5.38. The molecule has 280 valence electrons. The van der Waals surface area contributed by atoms with E-state index in [1.165, 1.54) is 4.46 Å². The van der Waals surface area contributed by atoms with Crippen molar-refractivity contribution in [3.8, 4) is 45.1 Å². The first kappa shape index (κ1) is 26.2. The molecule has 0 bridgehead atoms. The number of hydrogen-bond acceptors (Lipinski definition) is 4. The van der Waals surface area contributed by atoms with Gasteiger partial charge in [-0.05, 0) is 11.1 Å². The second kappa shape index (κ2) is 14.6. The molecule has 0 saturated heterocycles. The maximum atomic E-state index is 9.01. The standard InChI is InChI=1S/C51H40N5OSe/c1-51(2,3)37-26-29-53-49(30-37)56-45-32-40(24-25-47(45)58-48-27-28-52-33-46(48)56)57-39-19-12-18-38(31-39)54-34-55(44-23-11-10-22-43(44)54)50-41(35-14-6-4-7-15-35)20-13-21-42(50)36-16-8-5-9-17-36/h4-34H,1-3H3/q+1/i4D,5D,6D,7D,8D,9D,14D,15D,16D,17D. The smallest absolute Gasteiger partial charge is 0.0616 e. The van der Waals surface area contributed by atoms with Crippen LogP contribution in [-0.2, 0) is 5.41 Å². The normalized spacial score (nSPS) is 14.7. The fourth-order valence-electron chi connectivity index (χ4n) is 7.26. The molecule has 0 spiro atoms. The van der Waals surface area contributed by atoms with E-state index in [9.17, 15) is 0 Å². The summed E-state index contributed by atoms with van der Waals surface area (Å²) < 4.78 is 99.6. The molecule has 9 aromatic rings. The van der Waals surface area contributed by atoms with Crippen molar-refractivity contribution in [3.05, 3.63) is 194 Å². The van der Waals surface area contributed by atoms with E-state index in [1.807, 2.05) is 89.9 Å². The largest absolute Gasteiger partial charge is 0.0629 e. The molecule has 10 rings (SSSR count). The van der Waals surface area contributed by atoms with E-state index in [0.29, 0.717) is 28.2 Å². The SMILES string of the molecule is [2H]c1c([2H])c([2H])c(-c2cccc(-c3c([2H])c([2H])c([2H])c([2H])c3[2H])c2-[n+]2cn(-c3cccc(Oc4ccc5c(c4)N(c4cc(C(C)(C)C)ccn4)c4cnccc4[Se]5)c3)c3ccccc32)c([2H])c1[2H]. The first-order valence-electron chi connectivity index (χ1n) is 23.6. The van der Waals surface area contributed by atoms with Gasteiger partial charge in [0.2, 0.25) is 0 Å². The summed E-state index contributed by atoms with van der Waals surface area (Å²) in [6.45, 7) is 6.53. The summed E-state index contributed by atoms with van der Waals surface area (Å²) in [5, 5.41) is 0. The van der Waals surface area contributed by atoms with Crippen molar-refractivity contribution in [1.29, 1.82) is 0 Å². The molecule has 0 N–H and O–H groups in total. The van der Waals surface area contributed by atoms with Crippen molar-refractivity contribution >= 4 is 52.1 Å².